The molecule has 0 spiro atoms. The molecule has 50 valence electrons. The van der Waals surface area contributed by atoms with E-state index in [2.05, 4.69) is 40.5 Å². The number of hydrogen-bond donors (Lipinski definition) is 0. The molecule has 0 radical (unpaired) electrons. The van der Waals surface area contributed by atoms with E-state index in [4.69, 9.17) is 0 Å². The van der Waals surface area contributed by atoms with Gasteiger partial charge in [-0.15, -0.1) is 6.08 Å². The molecule has 0 heterocycles. The summed E-state index contributed by atoms with van der Waals surface area (Å²) in [6.45, 7) is 7.98. The van der Waals surface area contributed by atoms with Crippen molar-refractivity contribution < 1.29 is 16.3 Å². The van der Waals surface area contributed by atoms with E-state index in [-0.39, 0.29) is 0 Å². The minimum atomic E-state index is 0.930. The zero-order chi connectivity index (χ0) is 7.70. The van der Waals surface area contributed by atoms with Gasteiger partial charge in [-0.05, 0) is 13.3 Å². The Kier molecular flexibility index (Phi) is 16.2. The van der Waals surface area contributed by atoms with Gasteiger partial charge in [0.25, 0.3) is 0 Å². The van der Waals surface area contributed by atoms with Crippen molar-refractivity contribution in [2.24, 2.45) is 0 Å². The van der Waals surface area contributed by atoms with E-state index < -0.39 is 0 Å². The predicted octanol–water partition coefficient (Wildman–Crippen LogP) is 3.41. The summed E-state index contributed by atoms with van der Waals surface area (Å²) in [5.41, 5.74) is 1.44. The van der Waals surface area contributed by atoms with Gasteiger partial charge in [0.2, 0.25) is 0 Å². The van der Waals surface area contributed by atoms with E-state index in [0.29, 0.717) is 0 Å². The first kappa shape index (κ1) is 12.5. The molecule has 0 amide bonds. The summed E-state index contributed by atoms with van der Waals surface area (Å²) >= 11 is 4.25. The number of allylic oxidation sites excluding steroid dienone is 2. The molecule has 0 saturated carbocycles. The molecule has 0 aliphatic carbocycles. The van der Waals surface area contributed by atoms with E-state index in [9.17, 15) is 0 Å². The third kappa shape index (κ3) is 12.1. The van der Waals surface area contributed by atoms with Crippen LogP contribution in [0.1, 0.15) is 26.7 Å². The van der Waals surface area contributed by atoms with Crippen LogP contribution in [0.15, 0.2) is 11.6 Å². The van der Waals surface area contributed by atoms with Crippen molar-refractivity contribution in [3.8, 4) is 0 Å². The van der Waals surface area contributed by atoms with E-state index in [1.165, 1.54) is 21.9 Å². The van der Waals surface area contributed by atoms with Crippen LogP contribution >= 0.6 is 13.6 Å². The molecule has 0 aromatic heterocycles. The topological polar surface area (TPSA) is 0 Å². The fourth-order valence-corrected chi connectivity index (χ4v) is 0.391. The van der Waals surface area contributed by atoms with E-state index in [1.54, 1.807) is 0 Å². The van der Waals surface area contributed by atoms with Crippen LogP contribution in [0.5, 0.6) is 0 Å². The van der Waals surface area contributed by atoms with Crippen LogP contribution in [0, 0.1) is 6.92 Å². The molecule has 0 saturated heterocycles. The first-order chi connectivity index (χ1) is 4.31. The average Bonchev–Trinajstić information content (AvgIpc) is 1.93. The molecule has 0 nitrogen and oxygen atoms in total. The summed E-state index contributed by atoms with van der Waals surface area (Å²) in [6, 6.07) is 0. The molecule has 0 rings (SSSR count). The fraction of sp³-hybridized carbons (Fsp3) is 0.571. The van der Waals surface area contributed by atoms with Crippen molar-refractivity contribution in [1.82, 2.24) is 0 Å². The van der Waals surface area contributed by atoms with E-state index >= 15 is 0 Å². The number of halogens is 1. The Labute approximate surface area is 75.1 Å². The maximum atomic E-state index is 3.70. The van der Waals surface area contributed by atoms with Crippen LogP contribution in [-0.4, -0.2) is 0 Å². The Hall–Kier alpha value is 0.843. The van der Waals surface area contributed by atoms with Gasteiger partial charge in [-0.3, -0.25) is 0 Å². The summed E-state index contributed by atoms with van der Waals surface area (Å²) < 4.78 is 0. The third-order valence-corrected chi connectivity index (χ3v) is 1.05. The quantitative estimate of drug-likeness (QED) is 0.395. The Morgan fingerprint density at radius 2 is 2.11 bits per heavy atom. The fourth-order valence-electron chi connectivity index (χ4n) is 0.391. The van der Waals surface area contributed by atoms with Gasteiger partial charge in [0.1, 0.15) is 0 Å². The van der Waals surface area contributed by atoms with Gasteiger partial charge in [0, 0.05) is 0 Å². The summed E-state index contributed by atoms with van der Waals surface area (Å²) in [5.74, 6) is 0. The van der Waals surface area contributed by atoms with Crippen LogP contribution < -0.4 is 0 Å². The third-order valence-electron chi connectivity index (χ3n) is 1.05. The second-order valence-electron chi connectivity index (χ2n) is 1.69. The maximum absolute atomic E-state index is 3.70. The first-order valence-electron chi connectivity index (χ1n) is 3.02. The number of rotatable bonds is 2. The molecular weight excluding hydrogens is 229 g/mol. The molecule has 0 aliphatic heterocycles. The normalized spacial score (nSPS) is 10.2. The van der Waals surface area contributed by atoms with Gasteiger partial charge in [-0.25, -0.2) is 0 Å². The molecule has 0 unspecified atom stereocenters. The summed E-state index contributed by atoms with van der Waals surface area (Å²) in [4.78, 5) is 0. The summed E-state index contributed by atoms with van der Waals surface area (Å²) in [5, 5.41) is 0. The van der Waals surface area contributed by atoms with Crippen molar-refractivity contribution in [2.75, 3.05) is 0 Å². The molecule has 0 fully saturated rings. The molecular formula is C7H13BrZn. The van der Waals surface area contributed by atoms with Crippen molar-refractivity contribution in [1.29, 1.82) is 0 Å². The zero-order valence-electron chi connectivity index (χ0n) is 6.28. The van der Waals surface area contributed by atoms with Crippen LogP contribution in [0.4, 0.5) is 0 Å². The van der Waals surface area contributed by atoms with Gasteiger partial charge in [-0.1, -0.05) is 12.5 Å². The van der Waals surface area contributed by atoms with Crippen molar-refractivity contribution in [2.45, 2.75) is 26.7 Å². The molecule has 0 N–H and O–H groups in total. The molecule has 0 atom stereocenters. The van der Waals surface area contributed by atoms with Crippen molar-refractivity contribution >= 4 is 13.6 Å². The molecule has 0 bridgehead atoms. The zero-order valence-corrected chi connectivity index (χ0v) is 10.8. The molecule has 9 heavy (non-hydrogen) atoms. The van der Waals surface area contributed by atoms with Gasteiger partial charge in [0.15, 0.2) is 0 Å². The monoisotopic (exact) mass is 240 g/mol. The second kappa shape index (κ2) is 11.6. The van der Waals surface area contributed by atoms with Crippen molar-refractivity contribution in [3.63, 3.8) is 0 Å². The van der Waals surface area contributed by atoms with Crippen LogP contribution in [-0.2, 0) is 16.3 Å². The standard InChI is InChI=1S/C7H13.BrH.Zn/c1-4-6-7(3)5-2;;/h6H,1,4-5H2,2-3H3;1H;/q-1;;+2/p-1/b7-6+;;. The van der Waals surface area contributed by atoms with Crippen LogP contribution in [0.2, 0.25) is 0 Å². The van der Waals surface area contributed by atoms with Crippen LogP contribution in [0.25, 0.3) is 0 Å². The van der Waals surface area contributed by atoms with Gasteiger partial charge >= 0.3 is 30.0 Å². The second-order valence-corrected chi connectivity index (χ2v) is 1.69. The SMILES string of the molecule is [CH2-]C/C=C(\C)CC.[Zn+][Br]. The Balaban J connectivity index is 0. The molecule has 0 aliphatic rings. The van der Waals surface area contributed by atoms with Crippen molar-refractivity contribution in [3.05, 3.63) is 18.6 Å². The summed E-state index contributed by atoms with van der Waals surface area (Å²) in [6.07, 6.45) is 4.25. The van der Waals surface area contributed by atoms with Gasteiger partial charge in [0.05, 0.1) is 0 Å². The molecule has 0 aromatic rings. The first-order valence-corrected chi connectivity index (χ1v) is 9.97. The minimum absolute atomic E-state index is 0.930. The molecule has 0 aromatic carbocycles. The Bertz CT molecular complexity index is 69.3. The van der Waals surface area contributed by atoms with Gasteiger partial charge < -0.3 is 6.92 Å². The van der Waals surface area contributed by atoms with E-state index in [0.717, 1.165) is 12.8 Å². The average molecular weight is 242 g/mol. The number of hydrogen-bond acceptors (Lipinski definition) is 0. The summed E-state index contributed by atoms with van der Waals surface area (Å²) in [7, 11) is 0. The Morgan fingerprint density at radius 3 is 2.22 bits per heavy atom. The van der Waals surface area contributed by atoms with Gasteiger partial charge in [-0.2, -0.15) is 6.42 Å². The van der Waals surface area contributed by atoms with Crippen LogP contribution in [0.3, 0.4) is 0 Å². The molecule has 2 heteroatoms. The van der Waals surface area contributed by atoms with E-state index in [1.807, 2.05) is 0 Å². The predicted molar refractivity (Wildman–Crippen MR) is 42.9 cm³/mol. The Morgan fingerprint density at radius 1 is 1.67 bits per heavy atom.